The minimum Gasteiger partial charge on any atom is -0.475 e. The summed E-state index contributed by atoms with van der Waals surface area (Å²) in [5, 5.41) is 7.01. The second-order valence-electron chi connectivity index (χ2n) is 6.42. The first-order valence-electron chi connectivity index (χ1n) is 9.23. The number of ether oxygens (including phenoxy) is 2. The summed E-state index contributed by atoms with van der Waals surface area (Å²) < 4.78 is 12.0. The van der Waals surface area contributed by atoms with Gasteiger partial charge in [-0.25, -0.2) is 14.5 Å². The van der Waals surface area contributed by atoms with E-state index in [9.17, 15) is 9.59 Å². The van der Waals surface area contributed by atoms with Crippen molar-refractivity contribution in [3.05, 3.63) is 66.1 Å². The van der Waals surface area contributed by atoms with Crippen LogP contribution in [0.4, 0.5) is 5.69 Å². The van der Waals surface area contributed by atoms with Crippen molar-refractivity contribution >= 4 is 17.6 Å². The van der Waals surface area contributed by atoms with Crippen LogP contribution in [0.25, 0.3) is 5.69 Å². The Labute approximate surface area is 168 Å². The molecule has 8 heteroatoms. The molecule has 0 atom stereocenters. The number of aromatic nitrogens is 3. The maximum absolute atomic E-state index is 12.4. The molecule has 29 heavy (non-hydrogen) atoms. The van der Waals surface area contributed by atoms with Crippen molar-refractivity contribution in [1.82, 2.24) is 14.8 Å². The van der Waals surface area contributed by atoms with E-state index in [1.54, 1.807) is 60.3 Å². The number of esters is 1. The zero-order valence-electron chi connectivity index (χ0n) is 16.5. The lowest BCUT2D eigenvalue weighted by Crippen LogP contribution is -2.13. The Balaban J connectivity index is 1.64. The van der Waals surface area contributed by atoms with Gasteiger partial charge in [0.25, 0.3) is 5.91 Å². The third-order valence-electron chi connectivity index (χ3n) is 3.82. The van der Waals surface area contributed by atoms with Crippen LogP contribution in [0.5, 0.6) is 5.88 Å². The molecule has 0 bridgehead atoms. The SMILES string of the molecule is CCOC(=O)c1ccn(-c2ccc(NC(=O)c3ccc(OC(C)C)nc3)cc2)n1. The van der Waals surface area contributed by atoms with Gasteiger partial charge >= 0.3 is 5.97 Å². The molecular weight excluding hydrogens is 372 g/mol. The number of hydrogen-bond acceptors (Lipinski definition) is 6. The molecule has 0 fully saturated rings. The summed E-state index contributed by atoms with van der Waals surface area (Å²) in [6.07, 6.45) is 3.16. The minimum atomic E-state index is -0.464. The van der Waals surface area contributed by atoms with Crippen molar-refractivity contribution in [2.45, 2.75) is 26.9 Å². The Morgan fingerprint density at radius 1 is 1.10 bits per heavy atom. The molecule has 0 aliphatic carbocycles. The molecule has 0 aliphatic heterocycles. The van der Waals surface area contributed by atoms with Crippen LogP contribution in [0, 0.1) is 0 Å². The number of carbonyl (C=O) groups is 2. The van der Waals surface area contributed by atoms with E-state index in [0.717, 1.165) is 5.69 Å². The summed E-state index contributed by atoms with van der Waals surface area (Å²) in [5.74, 6) is -0.263. The fourth-order valence-electron chi connectivity index (χ4n) is 2.51. The number of pyridine rings is 1. The highest BCUT2D eigenvalue weighted by Crippen LogP contribution is 2.16. The molecule has 0 radical (unpaired) electrons. The van der Waals surface area contributed by atoms with Gasteiger partial charge in [0.2, 0.25) is 5.88 Å². The van der Waals surface area contributed by atoms with Crippen LogP contribution in [-0.4, -0.2) is 39.4 Å². The average Bonchev–Trinajstić information content (AvgIpc) is 3.19. The highest BCUT2D eigenvalue weighted by Gasteiger charge is 2.11. The summed E-state index contributed by atoms with van der Waals surface area (Å²) in [4.78, 5) is 28.2. The molecule has 0 saturated carbocycles. The zero-order chi connectivity index (χ0) is 20.8. The normalized spacial score (nSPS) is 10.6. The molecule has 0 spiro atoms. The van der Waals surface area contributed by atoms with Crippen molar-refractivity contribution in [2.75, 3.05) is 11.9 Å². The van der Waals surface area contributed by atoms with Crippen molar-refractivity contribution in [2.24, 2.45) is 0 Å². The Morgan fingerprint density at radius 3 is 2.48 bits per heavy atom. The highest BCUT2D eigenvalue weighted by molar-refractivity contribution is 6.04. The van der Waals surface area contributed by atoms with Crippen molar-refractivity contribution in [3.8, 4) is 11.6 Å². The van der Waals surface area contributed by atoms with Crippen LogP contribution in [-0.2, 0) is 4.74 Å². The van der Waals surface area contributed by atoms with Gasteiger partial charge in [-0.05, 0) is 57.2 Å². The van der Waals surface area contributed by atoms with Gasteiger partial charge in [0.05, 0.1) is 24.0 Å². The first kappa shape index (κ1) is 20.1. The molecular formula is C21H22N4O4. The number of nitrogens with zero attached hydrogens (tertiary/aromatic N) is 3. The Kier molecular flexibility index (Phi) is 6.23. The number of rotatable bonds is 7. The van der Waals surface area contributed by atoms with E-state index in [1.165, 1.54) is 6.20 Å². The van der Waals surface area contributed by atoms with E-state index in [2.05, 4.69) is 15.4 Å². The van der Waals surface area contributed by atoms with E-state index in [0.29, 0.717) is 23.7 Å². The van der Waals surface area contributed by atoms with Crippen LogP contribution < -0.4 is 10.1 Å². The predicted molar refractivity (Wildman–Crippen MR) is 107 cm³/mol. The molecule has 1 aromatic carbocycles. The Hall–Kier alpha value is -3.68. The third-order valence-corrected chi connectivity index (χ3v) is 3.82. The molecule has 1 N–H and O–H groups in total. The van der Waals surface area contributed by atoms with Gasteiger partial charge in [-0.1, -0.05) is 0 Å². The molecule has 0 unspecified atom stereocenters. The van der Waals surface area contributed by atoms with Crippen molar-refractivity contribution in [3.63, 3.8) is 0 Å². The number of carbonyl (C=O) groups excluding carboxylic acids is 2. The van der Waals surface area contributed by atoms with Gasteiger partial charge in [-0.2, -0.15) is 5.10 Å². The fourth-order valence-corrected chi connectivity index (χ4v) is 2.51. The predicted octanol–water partition coefficient (Wildman–Crippen LogP) is 3.48. The minimum absolute atomic E-state index is 0.0175. The molecule has 0 saturated heterocycles. The van der Waals surface area contributed by atoms with Crippen molar-refractivity contribution in [1.29, 1.82) is 0 Å². The van der Waals surface area contributed by atoms with Gasteiger partial charge in [0, 0.05) is 24.1 Å². The topological polar surface area (TPSA) is 95.3 Å². The van der Waals surface area contributed by atoms with Gasteiger partial charge in [-0.3, -0.25) is 4.79 Å². The number of benzene rings is 1. The zero-order valence-corrected chi connectivity index (χ0v) is 16.5. The Morgan fingerprint density at radius 2 is 1.86 bits per heavy atom. The first-order chi connectivity index (χ1) is 14.0. The number of hydrogen-bond donors (Lipinski definition) is 1. The molecule has 2 aromatic heterocycles. The number of amides is 1. The summed E-state index contributed by atoms with van der Waals surface area (Å²) in [6.45, 7) is 5.86. The molecule has 3 rings (SSSR count). The summed E-state index contributed by atoms with van der Waals surface area (Å²) in [7, 11) is 0. The third kappa shape index (κ3) is 5.19. The number of nitrogens with one attached hydrogen (secondary N) is 1. The molecule has 8 nitrogen and oxygen atoms in total. The quantitative estimate of drug-likeness (QED) is 0.617. The van der Waals surface area contributed by atoms with Gasteiger partial charge in [0.1, 0.15) is 0 Å². The monoisotopic (exact) mass is 394 g/mol. The molecule has 1 amide bonds. The number of anilines is 1. The standard InChI is InChI=1S/C21H22N4O4/c1-4-28-21(27)18-11-12-25(24-18)17-8-6-16(7-9-17)23-20(26)15-5-10-19(22-13-15)29-14(2)3/h5-14H,4H2,1-3H3,(H,23,26). The average molecular weight is 394 g/mol. The molecule has 3 aromatic rings. The van der Waals surface area contributed by atoms with Crippen LogP contribution in [0.2, 0.25) is 0 Å². The van der Waals surface area contributed by atoms with Crippen LogP contribution in [0.15, 0.2) is 54.9 Å². The lowest BCUT2D eigenvalue weighted by molar-refractivity contribution is 0.0519. The second-order valence-corrected chi connectivity index (χ2v) is 6.42. The smallest absolute Gasteiger partial charge is 0.358 e. The van der Waals surface area contributed by atoms with Crippen molar-refractivity contribution < 1.29 is 19.1 Å². The van der Waals surface area contributed by atoms with E-state index >= 15 is 0 Å². The lowest BCUT2D eigenvalue weighted by atomic mass is 10.2. The fraction of sp³-hybridized carbons (Fsp3) is 0.238. The first-order valence-corrected chi connectivity index (χ1v) is 9.23. The van der Waals surface area contributed by atoms with Gasteiger partial charge < -0.3 is 14.8 Å². The summed E-state index contributed by atoms with van der Waals surface area (Å²) in [6, 6.07) is 12.0. The summed E-state index contributed by atoms with van der Waals surface area (Å²) in [5.41, 5.74) is 2.03. The molecule has 0 aliphatic rings. The maximum atomic E-state index is 12.4. The van der Waals surface area contributed by atoms with Gasteiger partial charge in [-0.15, -0.1) is 0 Å². The molecule has 150 valence electrons. The largest absolute Gasteiger partial charge is 0.475 e. The highest BCUT2D eigenvalue weighted by atomic mass is 16.5. The maximum Gasteiger partial charge on any atom is 0.358 e. The van der Waals surface area contributed by atoms with E-state index in [4.69, 9.17) is 9.47 Å². The van der Waals surface area contributed by atoms with Crippen LogP contribution in [0.1, 0.15) is 41.6 Å². The van der Waals surface area contributed by atoms with Gasteiger partial charge in [0.15, 0.2) is 5.69 Å². The van der Waals surface area contributed by atoms with Crippen LogP contribution in [0.3, 0.4) is 0 Å². The molecule has 2 heterocycles. The Bertz CT molecular complexity index is 979. The van der Waals surface area contributed by atoms with E-state index in [-0.39, 0.29) is 17.7 Å². The summed E-state index contributed by atoms with van der Waals surface area (Å²) >= 11 is 0. The lowest BCUT2D eigenvalue weighted by Gasteiger charge is -2.09. The van der Waals surface area contributed by atoms with E-state index < -0.39 is 5.97 Å². The van der Waals surface area contributed by atoms with E-state index in [1.807, 2.05) is 13.8 Å². The van der Waals surface area contributed by atoms with Crippen LogP contribution >= 0.6 is 0 Å². The second kappa shape index (κ2) is 9.01.